The highest BCUT2D eigenvalue weighted by atomic mass is 16.5. The van der Waals surface area contributed by atoms with Crippen LogP contribution in [-0.4, -0.2) is 16.3 Å². The van der Waals surface area contributed by atoms with Crippen LogP contribution in [0.4, 0.5) is 0 Å². The summed E-state index contributed by atoms with van der Waals surface area (Å²) in [6.07, 6.45) is 12.9. The Bertz CT molecular complexity index is 1300. The van der Waals surface area contributed by atoms with Crippen LogP contribution >= 0.6 is 0 Å². The highest BCUT2D eigenvalue weighted by molar-refractivity contribution is 5.88. The van der Waals surface area contributed by atoms with Crippen molar-refractivity contribution in [3.63, 3.8) is 0 Å². The van der Waals surface area contributed by atoms with Crippen LogP contribution in [0.5, 0.6) is 17.2 Å². The Balaban J connectivity index is 1.84. The SMILES string of the molecule is CCCCCCCCn1c(=O)c(OC/C=C(\C)CCC=C(C)C)c(O)c2ccc(OCc3ccccc3)cc21. The molecule has 0 bridgehead atoms. The number of aryl methyl sites for hydroxylation is 1. The largest absolute Gasteiger partial charge is 0.504 e. The molecule has 3 aromatic rings. The molecular weight excluding hydrogens is 486 g/mol. The van der Waals surface area contributed by atoms with Gasteiger partial charge in [0.15, 0.2) is 5.75 Å². The van der Waals surface area contributed by atoms with Gasteiger partial charge in [-0.15, -0.1) is 0 Å². The maximum atomic E-state index is 13.6. The molecule has 0 unspecified atom stereocenters. The van der Waals surface area contributed by atoms with Crippen LogP contribution in [0.3, 0.4) is 0 Å². The van der Waals surface area contributed by atoms with Gasteiger partial charge in [0.25, 0.3) is 5.56 Å². The van der Waals surface area contributed by atoms with Crippen molar-refractivity contribution < 1.29 is 14.6 Å². The number of allylic oxidation sites excluding steroid dienone is 3. The fourth-order valence-corrected chi connectivity index (χ4v) is 4.58. The lowest BCUT2D eigenvalue weighted by Gasteiger charge is -2.16. The monoisotopic (exact) mass is 531 g/mol. The molecule has 1 aromatic heterocycles. The quantitative estimate of drug-likeness (QED) is 0.148. The number of ether oxygens (including phenoxy) is 2. The lowest BCUT2D eigenvalue weighted by atomic mass is 10.1. The van der Waals surface area contributed by atoms with E-state index in [4.69, 9.17) is 9.47 Å². The molecule has 2 aromatic carbocycles. The molecule has 210 valence electrons. The zero-order valence-electron chi connectivity index (χ0n) is 24.2. The van der Waals surface area contributed by atoms with Crippen LogP contribution < -0.4 is 15.0 Å². The van der Waals surface area contributed by atoms with E-state index in [0.29, 0.717) is 29.8 Å². The first-order chi connectivity index (χ1) is 18.9. The minimum absolute atomic E-state index is 0.0137. The summed E-state index contributed by atoms with van der Waals surface area (Å²) in [5.74, 6) is 0.560. The van der Waals surface area contributed by atoms with Gasteiger partial charge in [-0.2, -0.15) is 0 Å². The van der Waals surface area contributed by atoms with Gasteiger partial charge in [-0.3, -0.25) is 4.79 Å². The van der Waals surface area contributed by atoms with Gasteiger partial charge in [-0.05, 0) is 63.8 Å². The number of hydrogen-bond donors (Lipinski definition) is 1. The fourth-order valence-electron chi connectivity index (χ4n) is 4.58. The fraction of sp³-hybridized carbons (Fsp3) is 0.441. The van der Waals surface area contributed by atoms with Gasteiger partial charge in [0.2, 0.25) is 5.75 Å². The number of unbranched alkanes of at least 4 members (excludes halogenated alkanes) is 5. The molecule has 5 nitrogen and oxygen atoms in total. The van der Waals surface area contributed by atoms with E-state index in [1.807, 2.05) is 54.6 Å². The summed E-state index contributed by atoms with van der Waals surface area (Å²) in [6, 6.07) is 15.5. The van der Waals surface area contributed by atoms with Gasteiger partial charge in [-0.1, -0.05) is 86.6 Å². The smallest absolute Gasteiger partial charge is 0.297 e. The molecule has 0 aliphatic rings. The zero-order valence-corrected chi connectivity index (χ0v) is 24.2. The second-order valence-electron chi connectivity index (χ2n) is 10.5. The van der Waals surface area contributed by atoms with Crippen LogP contribution in [0.2, 0.25) is 0 Å². The first-order valence-corrected chi connectivity index (χ1v) is 14.4. The summed E-state index contributed by atoms with van der Waals surface area (Å²) in [5, 5.41) is 11.7. The van der Waals surface area contributed by atoms with Crippen molar-refractivity contribution in [1.82, 2.24) is 4.57 Å². The normalized spacial score (nSPS) is 11.5. The molecule has 0 aliphatic carbocycles. The molecule has 3 rings (SSSR count). The van der Waals surface area contributed by atoms with Gasteiger partial charge in [0.1, 0.15) is 19.0 Å². The van der Waals surface area contributed by atoms with Crippen LogP contribution in [0.15, 0.2) is 76.6 Å². The van der Waals surface area contributed by atoms with E-state index < -0.39 is 0 Å². The van der Waals surface area contributed by atoms with E-state index in [-0.39, 0.29) is 23.7 Å². The van der Waals surface area contributed by atoms with Gasteiger partial charge in [0.05, 0.1) is 5.52 Å². The van der Waals surface area contributed by atoms with Crippen LogP contribution in [-0.2, 0) is 13.2 Å². The summed E-state index contributed by atoms with van der Waals surface area (Å²) >= 11 is 0. The Labute approximate surface area is 233 Å². The third kappa shape index (κ3) is 9.35. The number of benzene rings is 2. The van der Waals surface area contributed by atoms with Gasteiger partial charge < -0.3 is 19.1 Å². The molecule has 0 radical (unpaired) electrons. The Kier molecular flexibility index (Phi) is 12.2. The number of hydrogen-bond acceptors (Lipinski definition) is 4. The Hall–Kier alpha value is -3.47. The predicted molar refractivity (Wildman–Crippen MR) is 162 cm³/mol. The van der Waals surface area contributed by atoms with Crippen molar-refractivity contribution in [2.45, 2.75) is 92.2 Å². The van der Waals surface area contributed by atoms with Gasteiger partial charge in [-0.25, -0.2) is 0 Å². The number of nitrogens with zero attached hydrogens (tertiary/aromatic N) is 1. The van der Waals surface area contributed by atoms with Gasteiger partial charge in [0, 0.05) is 18.0 Å². The minimum Gasteiger partial charge on any atom is -0.504 e. The number of fused-ring (bicyclic) bond motifs is 1. The maximum Gasteiger partial charge on any atom is 0.297 e. The maximum absolute atomic E-state index is 13.6. The molecule has 1 N–H and O–H groups in total. The summed E-state index contributed by atoms with van der Waals surface area (Å²) in [7, 11) is 0. The molecule has 0 saturated heterocycles. The second kappa shape index (κ2) is 15.8. The molecule has 39 heavy (non-hydrogen) atoms. The third-order valence-corrected chi connectivity index (χ3v) is 6.90. The molecule has 0 aliphatic heterocycles. The summed E-state index contributed by atoms with van der Waals surface area (Å²) in [6.45, 7) is 9.71. The predicted octanol–water partition coefficient (Wildman–Crippen LogP) is 8.72. The van der Waals surface area contributed by atoms with Crippen molar-refractivity contribution in [3.8, 4) is 17.2 Å². The summed E-state index contributed by atoms with van der Waals surface area (Å²) < 4.78 is 13.7. The molecule has 0 fully saturated rings. The third-order valence-electron chi connectivity index (χ3n) is 6.90. The van der Waals surface area contributed by atoms with Crippen LogP contribution in [0, 0.1) is 0 Å². The van der Waals surface area contributed by atoms with E-state index in [1.54, 1.807) is 4.57 Å². The molecule has 0 amide bonds. The zero-order chi connectivity index (χ0) is 28.0. The first kappa shape index (κ1) is 30.1. The lowest BCUT2D eigenvalue weighted by Crippen LogP contribution is -2.23. The van der Waals surface area contributed by atoms with Crippen LogP contribution in [0.1, 0.15) is 84.6 Å². The lowest BCUT2D eigenvalue weighted by molar-refractivity contribution is 0.306. The number of rotatable bonds is 16. The van der Waals surface area contributed by atoms with E-state index in [9.17, 15) is 9.90 Å². The molecule has 0 spiro atoms. The first-order valence-electron chi connectivity index (χ1n) is 14.4. The number of pyridine rings is 1. The molecule has 0 saturated carbocycles. The Morgan fingerprint density at radius 2 is 1.67 bits per heavy atom. The number of aromatic nitrogens is 1. The van der Waals surface area contributed by atoms with E-state index in [1.165, 1.54) is 30.4 Å². The number of aromatic hydroxyl groups is 1. The van der Waals surface area contributed by atoms with E-state index in [0.717, 1.165) is 37.7 Å². The Morgan fingerprint density at radius 3 is 2.41 bits per heavy atom. The topological polar surface area (TPSA) is 60.7 Å². The highest BCUT2D eigenvalue weighted by Gasteiger charge is 2.18. The van der Waals surface area contributed by atoms with E-state index in [2.05, 4.69) is 33.8 Å². The van der Waals surface area contributed by atoms with E-state index >= 15 is 0 Å². The van der Waals surface area contributed by atoms with Crippen molar-refractivity contribution >= 4 is 10.9 Å². The summed E-state index contributed by atoms with van der Waals surface area (Å²) in [4.78, 5) is 13.6. The highest BCUT2D eigenvalue weighted by Crippen LogP contribution is 2.34. The molecule has 5 heteroatoms. The van der Waals surface area contributed by atoms with Crippen molar-refractivity contribution in [2.24, 2.45) is 0 Å². The van der Waals surface area contributed by atoms with Crippen molar-refractivity contribution in [2.75, 3.05) is 6.61 Å². The average molecular weight is 532 g/mol. The summed E-state index contributed by atoms with van der Waals surface area (Å²) in [5.41, 5.74) is 3.93. The molecular formula is C34H45NO4. The second-order valence-corrected chi connectivity index (χ2v) is 10.5. The van der Waals surface area contributed by atoms with Gasteiger partial charge >= 0.3 is 0 Å². The standard InChI is InChI=1S/C34H45NO4/c1-5-6-7-8-9-13-22-35-31-24-29(39-25-28-17-11-10-12-18-28)19-20-30(31)32(36)33(34(35)37)38-23-21-27(4)16-14-15-26(2)3/h10-12,15,17-21,24,36H,5-9,13-14,16,22-23,25H2,1-4H3/b27-21+. The Morgan fingerprint density at radius 1 is 0.923 bits per heavy atom. The molecule has 0 atom stereocenters. The average Bonchev–Trinajstić information content (AvgIpc) is 2.93. The van der Waals surface area contributed by atoms with Crippen molar-refractivity contribution in [3.05, 3.63) is 87.7 Å². The van der Waals surface area contributed by atoms with Crippen molar-refractivity contribution in [1.29, 1.82) is 0 Å². The van der Waals surface area contributed by atoms with Crippen LogP contribution in [0.25, 0.3) is 10.9 Å². The minimum atomic E-state index is -0.302. The molecule has 1 heterocycles.